The van der Waals surface area contributed by atoms with Crippen LogP contribution in [0.2, 0.25) is 0 Å². The lowest BCUT2D eigenvalue weighted by atomic mass is 9.65. The fourth-order valence-electron chi connectivity index (χ4n) is 6.21. The van der Waals surface area contributed by atoms with Gasteiger partial charge in [-0.25, -0.2) is 0 Å². The van der Waals surface area contributed by atoms with Gasteiger partial charge in [-0.05, 0) is 107 Å². The summed E-state index contributed by atoms with van der Waals surface area (Å²) < 4.78 is 0. The van der Waals surface area contributed by atoms with Gasteiger partial charge in [-0.1, -0.05) is 103 Å². The van der Waals surface area contributed by atoms with Crippen molar-refractivity contribution in [3.8, 4) is 0 Å². The number of hydrogen-bond donors (Lipinski definition) is 4. The highest BCUT2D eigenvalue weighted by Gasteiger charge is 2.38. The Morgan fingerprint density at radius 3 is 0.787 bits per heavy atom. The first kappa shape index (κ1) is 29.5. The molecule has 4 nitrogen and oxygen atoms in total. The van der Waals surface area contributed by atoms with Crippen LogP contribution in [0.5, 0.6) is 0 Å². The lowest BCUT2D eigenvalue weighted by Gasteiger charge is -2.37. The zero-order valence-corrected chi connectivity index (χ0v) is 26.0. The molecular formula is C43H36N4. The maximum Gasteiger partial charge on any atom is 0.0701 e. The summed E-state index contributed by atoms with van der Waals surface area (Å²) >= 11 is 0. The number of nitrogen functional groups attached to an aromatic ring is 1. The minimum Gasteiger partial charge on any atom is -0.399 e. The number of rotatable bonds is 10. The third-order valence-electron chi connectivity index (χ3n) is 8.48. The Morgan fingerprint density at radius 2 is 0.511 bits per heavy atom. The first-order valence-electron chi connectivity index (χ1n) is 15.8. The Hall–Kier alpha value is -6.26. The zero-order chi connectivity index (χ0) is 31.9. The number of benzene rings is 7. The Balaban J connectivity index is 1.35. The van der Waals surface area contributed by atoms with Crippen LogP contribution in [0.1, 0.15) is 22.3 Å². The molecule has 0 amide bonds. The Kier molecular flexibility index (Phi) is 8.39. The van der Waals surface area contributed by atoms with Gasteiger partial charge in [-0.15, -0.1) is 0 Å². The number of nitrogens with two attached hydrogens (primary N) is 1. The lowest BCUT2D eigenvalue weighted by Crippen LogP contribution is -2.31. The van der Waals surface area contributed by atoms with Gasteiger partial charge in [0, 0.05) is 39.8 Å². The van der Waals surface area contributed by atoms with Gasteiger partial charge in [0.25, 0.3) is 0 Å². The number of hydrogen-bond acceptors (Lipinski definition) is 4. The first-order chi connectivity index (χ1) is 23.2. The van der Waals surface area contributed by atoms with E-state index in [4.69, 9.17) is 5.73 Å². The predicted molar refractivity (Wildman–Crippen MR) is 198 cm³/mol. The molecule has 0 spiro atoms. The Morgan fingerprint density at radius 1 is 0.277 bits per heavy atom. The van der Waals surface area contributed by atoms with Crippen LogP contribution >= 0.6 is 0 Å². The second-order valence-electron chi connectivity index (χ2n) is 11.6. The molecular weight excluding hydrogens is 573 g/mol. The van der Waals surface area contributed by atoms with E-state index in [1.165, 1.54) is 0 Å². The van der Waals surface area contributed by atoms with Crippen LogP contribution < -0.4 is 21.7 Å². The molecule has 7 rings (SSSR count). The van der Waals surface area contributed by atoms with Crippen LogP contribution in [0.4, 0.5) is 39.8 Å². The maximum absolute atomic E-state index is 6.24. The predicted octanol–water partition coefficient (Wildman–Crippen LogP) is 10.9. The van der Waals surface area contributed by atoms with Gasteiger partial charge < -0.3 is 21.7 Å². The summed E-state index contributed by atoms with van der Waals surface area (Å²) in [4.78, 5) is 0. The molecule has 228 valence electrons. The molecule has 0 radical (unpaired) electrons. The van der Waals surface area contributed by atoms with E-state index >= 15 is 0 Å². The minimum absolute atomic E-state index is 0.629. The molecule has 4 heteroatoms. The van der Waals surface area contributed by atoms with Crippen molar-refractivity contribution in [3.63, 3.8) is 0 Å². The fraction of sp³-hybridized carbons (Fsp3) is 0.0233. The molecule has 0 saturated carbocycles. The van der Waals surface area contributed by atoms with E-state index < -0.39 is 5.41 Å². The standard InChI is InChI=1S/C43H36N4/c44-36-24-16-32(17-25-36)43(33-18-26-40(27-19-33)45-37-10-4-1-5-11-37,34-20-28-41(29-21-34)46-38-12-6-2-7-13-38)35-22-30-42(31-23-35)47-39-14-8-3-9-15-39/h1-31,45-47H,44H2. The van der Waals surface area contributed by atoms with E-state index in [1.54, 1.807) is 0 Å². The van der Waals surface area contributed by atoms with Crippen molar-refractivity contribution >= 4 is 39.8 Å². The van der Waals surface area contributed by atoms with Crippen LogP contribution in [0.15, 0.2) is 188 Å². The molecule has 0 saturated heterocycles. The average molecular weight is 609 g/mol. The molecule has 7 aromatic carbocycles. The zero-order valence-electron chi connectivity index (χ0n) is 26.0. The van der Waals surface area contributed by atoms with Crippen LogP contribution in [-0.4, -0.2) is 0 Å². The third-order valence-corrected chi connectivity index (χ3v) is 8.48. The van der Waals surface area contributed by atoms with E-state index in [2.05, 4.69) is 137 Å². The average Bonchev–Trinajstić information content (AvgIpc) is 3.13. The van der Waals surface area contributed by atoms with Crippen LogP contribution in [-0.2, 0) is 5.41 Å². The van der Waals surface area contributed by atoms with Gasteiger partial charge in [0.15, 0.2) is 0 Å². The SMILES string of the molecule is Nc1ccc(C(c2ccc(Nc3ccccc3)cc2)(c2ccc(Nc3ccccc3)cc2)c2ccc(Nc3ccccc3)cc2)cc1. The normalized spacial score (nSPS) is 11.1. The van der Waals surface area contributed by atoms with Crippen molar-refractivity contribution in [2.24, 2.45) is 0 Å². The summed E-state index contributed by atoms with van der Waals surface area (Å²) in [5, 5.41) is 10.6. The molecule has 0 unspecified atom stereocenters. The van der Waals surface area contributed by atoms with Crippen molar-refractivity contribution < 1.29 is 0 Å². The van der Waals surface area contributed by atoms with Gasteiger partial charge in [0.05, 0.1) is 5.41 Å². The third kappa shape index (κ3) is 6.44. The first-order valence-corrected chi connectivity index (χ1v) is 15.8. The molecule has 5 N–H and O–H groups in total. The smallest absolute Gasteiger partial charge is 0.0701 e. The maximum atomic E-state index is 6.24. The summed E-state index contributed by atoms with van der Waals surface area (Å²) in [6.45, 7) is 0. The Labute approximate surface area is 276 Å². The molecule has 0 aliphatic carbocycles. The summed E-state index contributed by atoms with van der Waals surface area (Å²) in [6, 6.07) is 65.3. The highest BCUT2D eigenvalue weighted by atomic mass is 14.9. The van der Waals surface area contributed by atoms with Gasteiger partial charge in [-0.2, -0.15) is 0 Å². The molecule has 7 aromatic rings. The minimum atomic E-state index is -0.629. The molecule has 0 bridgehead atoms. The molecule has 0 fully saturated rings. The number of anilines is 7. The Bertz CT molecular complexity index is 1800. The molecule has 0 aliphatic rings. The topological polar surface area (TPSA) is 62.1 Å². The van der Waals surface area contributed by atoms with Gasteiger partial charge in [0.1, 0.15) is 0 Å². The second kappa shape index (κ2) is 13.4. The molecule has 0 atom stereocenters. The van der Waals surface area contributed by atoms with E-state index in [0.29, 0.717) is 0 Å². The monoisotopic (exact) mass is 608 g/mol. The van der Waals surface area contributed by atoms with E-state index in [0.717, 1.165) is 62.1 Å². The summed E-state index contributed by atoms with van der Waals surface area (Å²) in [5.41, 5.74) is 17.1. The van der Waals surface area contributed by atoms with Crippen molar-refractivity contribution in [2.75, 3.05) is 21.7 Å². The molecule has 0 aliphatic heterocycles. The molecule has 0 heterocycles. The van der Waals surface area contributed by atoms with E-state index in [-0.39, 0.29) is 0 Å². The fourth-order valence-corrected chi connectivity index (χ4v) is 6.21. The van der Waals surface area contributed by atoms with Gasteiger partial charge >= 0.3 is 0 Å². The highest BCUT2D eigenvalue weighted by Crippen LogP contribution is 2.46. The molecule has 0 aromatic heterocycles. The quantitative estimate of drug-likeness (QED) is 0.0921. The van der Waals surface area contributed by atoms with Crippen molar-refractivity contribution in [3.05, 3.63) is 210 Å². The summed E-state index contributed by atoms with van der Waals surface area (Å²) in [7, 11) is 0. The highest BCUT2D eigenvalue weighted by molar-refractivity contribution is 5.68. The van der Waals surface area contributed by atoms with E-state index in [1.807, 2.05) is 66.7 Å². The van der Waals surface area contributed by atoms with Crippen LogP contribution in [0.25, 0.3) is 0 Å². The number of nitrogens with one attached hydrogen (secondary N) is 3. The summed E-state index contributed by atoms with van der Waals surface area (Å²) in [5.74, 6) is 0. The van der Waals surface area contributed by atoms with Gasteiger partial charge in [0.2, 0.25) is 0 Å². The van der Waals surface area contributed by atoms with Crippen molar-refractivity contribution in [2.45, 2.75) is 5.41 Å². The molecule has 47 heavy (non-hydrogen) atoms. The van der Waals surface area contributed by atoms with Crippen molar-refractivity contribution in [1.82, 2.24) is 0 Å². The summed E-state index contributed by atoms with van der Waals surface area (Å²) in [6.07, 6.45) is 0. The van der Waals surface area contributed by atoms with Gasteiger partial charge in [-0.3, -0.25) is 0 Å². The number of para-hydroxylation sites is 3. The lowest BCUT2D eigenvalue weighted by molar-refractivity contribution is 0.745. The van der Waals surface area contributed by atoms with Crippen LogP contribution in [0, 0.1) is 0 Å². The second-order valence-corrected chi connectivity index (χ2v) is 11.6. The van der Waals surface area contributed by atoms with E-state index in [9.17, 15) is 0 Å². The van der Waals surface area contributed by atoms with Crippen LogP contribution in [0.3, 0.4) is 0 Å². The largest absolute Gasteiger partial charge is 0.399 e. The van der Waals surface area contributed by atoms with Crippen molar-refractivity contribution in [1.29, 1.82) is 0 Å².